The molecule has 0 radical (unpaired) electrons. The molecule has 6 heteroatoms. The van der Waals surface area contributed by atoms with Gasteiger partial charge in [0.1, 0.15) is 0 Å². The summed E-state index contributed by atoms with van der Waals surface area (Å²) in [6.45, 7) is 2.64. The number of benzene rings is 1. The molecule has 0 saturated carbocycles. The van der Waals surface area contributed by atoms with Crippen molar-refractivity contribution in [3.63, 3.8) is 0 Å². The lowest BCUT2D eigenvalue weighted by molar-refractivity contribution is -0.130. The molecule has 0 atom stereocenters. The van der Waals surface area contributed by atoms with Gasteiger partial charge in [-0.1, -0.05) is 18.6 Å². The van der Waals surface area contributed by atoms with Gasteiger partial charge in [-0.15, -0.1) is 12.4 Å². The number of nitrogens with zero attached hydrogens (tertiary/aromatic N) is 1. The molecule has 128 valence electrons. The molecule has 1 aliphatic rings. The highest BCUT2D eigenvalue weighted by Gasteiger charge is 2.15. The molecule has 1 fully saturated rings. The molecule has 1 aliphatic heterocycles. The first-order chi connectivity index (χ1) is 10.7. The quantitative estimate of drug-likeness (QED) is 0.779. The third-order valence-electron chi connectivity index (χ3n) is 4.01. The molecule has 0 aliphatic carbocycles. The molecule has 2 rings (SSSR count). The van der Waals surface area contributed by atoms with Gasteiger partial charge in [0.05, 0.1) is 0 Å². The highest BCUT2D eigenvalue weighted by Crippen LogP contribution is 2.11. The van der Waals surface area contributed by atoms with E-state index < -0.39 is 0 Å². The van der Waals surface area contributed by atoms with Crippen LogP contribution in [-0.4, -0.2) is 36.3 Å². The van der Waals surface area contributed by atoms with Crippen LogP contribution < -0.4 is 11.1 Å². The minimum absolute atomic E-state index is 0. The molecule has 0 unspecified atom stereocenters. The molecule has 3 N–H and O–H groups in total. The zero-order valence-corrected chi connectivity index (χ0v) is 14.2. The van der Waals surface area contributed by atoms with Crippen LogP contribution in [0.25, 0.3) is 0 Å². The molecule has 23 heavy (non-hydrogen) atoms. The van der Waals surface area contributed by atoms with Crippen LogP contribution in [0.5, 0.6) is 0 Å². The van der Waals surface area contributed by atoms with Crippen molar-refractivity contribution in [1.29, 1.82) is 0 Å². The lowest BCUT2D eigenvalue weighted by Crippen LogP contribution is -2.34. The highest BCUT2D eigenvalue weighted by molar-refractivity contribution is 5.94. The van der Waals surface area contributed by atoms with Gasteiger partial charge in [0.15, 0.2) is 0 Å². The average molecular weight is 340 g/mol. The third kappa shape index (κ3) is 6.20. The number of rotatable bonds is 6. The normalized spacial score (nSPS) is 14.8. The van der Waals surface area contributed by atoms with E-state index in [9.17, 15) is 9.59 Å². The molecule has 0 spiro atoms. The van der Waals surface area contributed by atoms with Gasteiger partial charge < -0.3 is 16.0 Å². The number of carbonyl (C=O) groups excluding carboxylic acids is 2. The smallest absolute Gasteiger partial charge is 0.251 e. The Balaban J connectivity index is 0.00000264. The Hall–Kier alpha value is -1.59. The fraction of sp³-hybridized carbons (Fsp3) is 0.529. The van der Waals surface area contributed by atoms with Gasteiger partial charge >= 0.3 is 0 Å². The molecule has 1 saturated heterocycles. The van der Waals surface area contributed by atoms with Crippen LogP contribution in [0.3, 0.4) is 0 Å². The topological polar surface area (TPSA) is 75.4 Å². The Morgan fingerprint density at radius 3 is 2.61 bits per heavy atom. The predicted octanol–water partition coefficient (Wildman–Crippen LogP) is 2.09. The number of halogens is 1. The molecule has 5 nitrogen and oxygen atoms in total. The summed E-state index contributed by atoms with van der Waals surface area (Å²) >= 11 is 0. The highest BCUT2D eigenvalue weighted by atomic mass is 35.5. The van der Waals surface area contributed by atoms with Crippen LogP contribution >= 0.6 is 12.4 Å². The van der Waals surface area contributed by atoms with Crippen LogP contribution in [0.4, 0.5) is 0 Å². The fourth-order valence-electron chi connectivity index (χ4n) is 2.64. The van der Waals surface area contributed by atoms with Crippen LogP contribution in [0.15, 0.2) is 24.3 Å². The molecular weight excluding hydrogens is 314 g/mol. The maximum absolute atomic E-state index is 12.0. The second kappa shape index (κ2) is 10.2. The van der Waals surface area contributed by atoms with E-state index in [4.69, 9.17) is 5.73 Å². The lowest BCUT2D eigenvalue weighted by Gasteiger charge is -2.20. The monoisotopic (exact) mass is 339 g/mol. The van der Waals surface area contributed by atoms with Crippen LogP contribution in [0.1, 0.15) is 48.0 Å². The second-order valence-corrected chi connectivity index (χ2v) is 5.70. The Kier molecular flexibility index (Phi) is 8.66. The second-order valence-electron chi connectivity index (χ2n) is 5.70. The molecule has 1 aromatic carbocycles. The Bertz CT molecular complexity index is 505. The van der Waals surface area contributed by atoms with Crippen molar-refractivity contribution >= 4 is 24.2 Å². The van der Waals surface area contributed by atoms with Gasteiger partial charge in [-0.25, -0.2) is 0 Å². The maximum atomic E-state index is 12.0. The summed E-state index contributed by atoms with van der Waals surface area (Å²) in [5.74, 6) is 0.173. The van der Waals surface area contributed by atoms with Crippen LogP contribution in [0.2, 0.25) is 0 Å². The maximum Gasteiger partial charge on any atom is 0.251 e. The molecular formula is C17H26ClN3O2. The van der Waals surface area contributed by atoms with E-state index in [-0.39, 0.29) is 24.2 Å². The summed E-state index contributed by atoms with van der Waals surface area (Å²) in [5.41, 5.74) is 7.19. The summed E-state index contributed by atoms with van der Waals surface area (Å²) in [6, 6.07) is 7.31. The van der Waals surface area contributed by atoms with E-state index >= 15 is 0 Å². The van der Waals surface area contributed by atoms with Gasteiger partial charge in [-0.05, 0) is 37.0 Å². The van der Waals surface area contributed by atoms with E-state index in [1.54, 1.807) is 12.1 Å². The zero-order chi connectivity index (χ0) is 15.8. The summed E-state index contributed by atoms with van der Waals surface area (Å²) in [4.78, 5) is 25.8. The SMILES string of the molecule is Cl.NCc1ccc(C(=O)NCCCN2CCCCCC2=O)cc1. The van der Waals surface area contributed by atoms with Crippen LogP contribution in [-0.2, 0) is 11.3 Å². The number of carbonyl (C=O) groups is 2. The van der Waals surface area contributed by atoms with E-state index in [2.05, 4.69) is 5.32 Å². The van der Waals surface area contributed by atoms with E-state index in [0.29, 0.717) is 25.1 Å². The van der Waals surface area contributed by atoms with Gasteiger partial charge in [0.2, 0.25) is 5.91 Å². The minimum Gasteiger partial charge on any atom is -0.352 e. The number of hydrogen-bond acceptors (Lipinski definition) is 3. The molecule has 0 aromatic heterocycles. The van der Waals surface area contributed by atoms with Crippen molar-refractivity contribution in [3.05, 3.63) is 35.4 Å². The van der Waals surface area contributed by atoms with Crippen molar-refractivity contribution < 1.29 is 9.59 Å². The average Bonchev–Trinajstić information content (AvgIpc) is 2.76. The first kappa shape index (κ1) is 19.5. The largest absolute Gasteiger partial charge is 0.352 e. The van der Waals surface area contributed by atoms with Crippen molar-refractivity contribution in [2.45, 2.75) is 38.6 Å². The Morgan fingerprint density at radius 2 is 1.91 bits per heavy atom. The van der Waals surface area contributed by atoms with Gasteiger partial charge in [0, 0.05) is 38.2 Å². The van der Waals surface area contributed by atoms with Gasteiger partial charge in [0.25, 0.3) is 5.91 Å². The summed E-state index contributed by atoms with van der Waals surface area (Å²) in [6.07, 6.45) is 4.69. The Labute approximate surface area is 144 Å². The number of nitrogens with two attached hydrogens (primary N) is 1. The number of likely N-dealkylation sites (tertiary alicyclic amines) is 1. The minimum atomic E-state index is -0.0780. The summed E-state index contributed by atoms with van der Waals surface area (Å²) in [7, 11) is 0. The zero-order valence-electron chi connectivity index (χ0n) is 13.4. The molecule has 0 bridgehead atoms. The van der Waals surface area contributed by atoms with Gasteiger partial charge in [-0.3, -0.25) is 9.59 Å². The molecule has 2 amide bonds. The standard InChI is InChI=1S/C17H25N3O2.ClH/c18-13-14-6-8-15(9-7-14)17(22)19-10-4-12-20-11-3-1-2-5-16(20)21;/h6-9H,1-5,10-13,18H2,(H,19,22);1H. The van der Waals surface area contributed by atoms with Crippen molar-refractivity contribution in [2.75, 3.05) is 19.6 Å². The summed E-state index contributed by atoms with van der Waals surface area (Å²) in [5, 5.41) is 2.90. The number of hydrogen-bond donors (Lipinski definition) is 2. The molecule has 1 heterocycles. The van der Waals surface area contributed by atoms with E-state index in [1.807, 2.05) is 17.0 Å². The van der Waals surface area contributed by atoms with Crippen LogP contribution in [0, 0.1) is 0 Å². The first-order valence-corrected chi connectivity index (χ1v) is 8.05. The Morgan fingerprint density at radius 1 is 1.17 bits per heavy atom. The van der Waals surface area contributed by atoms with Crippen molar-refractivity contribution in [2.24, 2.45) is 5.73 Å². The van der Waals surface area contributed by atoms with Crippen molar-refractivity contribution in [1.82, 2.24) is 10.2 Å². The first-order valence-electron chi connectivity index (χ1n) is 8.05. The third-order valence-corrected chi connectivity index (χ3v) is 4.01. The van der Waals surface area contributed by atoms with Gasteiger partial charge in [-0.2, -0.15) is 0 Å². The van der Waals surface area contributed by atoms with Crippen molar-refractivity contribution in [3.8, 4) is 0 Å². The number of amides is 2. The molecule has 1 aromatic rings. The lowest BCUT2D eigenvalue weighted by atomic mass is 10.1. The number of nitrogens with one attached hydrogen (secondary N) is 1. The predicted molar refractivity (Wildman–Crippen MR) is 93.6 cm³/mol. The fourth-order valence-corrected chi connectivity index (χ4v) is 2.64. The van der Waals surface area contributed by atoms with E-state index in [0.717, 1.165) is 44.3 Å². The summed E-state index contributed by atoms with van der Waals surface area (Å²) < 4.78 is 0. The van der Waals surface area contributed by atoms with E-state index in [1.165, 1.54) is 0 Å².